The van der Waals surface area contributed by atoms with E-state index in [0.717, 1.165) is 0 Å². The Kier molecular flexibility index (Phi) is 7.83. The monoisotopic (exact) mass is 652 g/mol. The van der Waals surface area contributed by atoms with Crippen molar-refractivity contribution >= 4 is 33.4 Å². The van der Waals surface area contributed by atoms with Crippen LogP contribution in [0.4, 0.5) is 24.7 Å². The Balaban J connectivity index is 1.26. The number of hydrogen-bond acceptors (Lipinski definition) is 7. The fraction of sp³-hybridized carbons (Fsp3) is 0.273. The Morgan fingerprint density at radius 1 is 1.09 bits per heavy atom. The van der Waals surface area contributed by atoms with Crippen LogP contribution in [0.2, 0.25) is 0 Å². The van der Waals surface area contributed by atoms with Gasteiger partial charge in [0.25, 0.3) is 6.43 Å². The first-order chi connectivity index (χ1) is 21.7. The van der Waals surface area contributed by atoms with Crippen LogP contribution in [0.3, 0.4) is 0 Å². The highest BCUT2D eigenvalue weighted by atomic mass is 32.2. The highest BCUT2D eigenvalue weighted by Gasteiger charge is 2.43. The SMILES string of the molecule is Cc1cc(Oc2ccccc2F)ccc1-n1ncc(C(=O)C2=Cc3cc(OCC(F)F)c(N4CC(C)(C)CS4(=O)=O)cc3C2)c1N. The van der Waals surface area contributed by atoms with Crippen molar-refractivity contribution in [2.24, 2.45) is 5.41 Å². The molecule has 0 spiro atoms. The number of hydrogen-bond donors (Lipinski definition) is 1. The largest absolute Gasteiger partial charge is 0.485 e. The molecule has 46 heavy (non-hydrogen) atoms. The van der Waals surface area contributed by atoms with Gasteiger partial charge in [-0.1, -0.05) is 26.0 Å². The lowest BCUT2D eigenvalue weighted by Gasteiger charge is -2.23. The minimum atomic E-state index is -3.72. The second kappa shape index (κ2) is 11.5. The fourth-order valence-electron chi connectivity index (χ4n) is 5.79. The summed E-state index contributed by atoms with van der Waals surface area (Å²) in [5.41, 5.74) is 9.05. The summed E-state index contributed by atoms with van der Waals surface area (Å²) >= 11 is 0. The average Bonchev–Trinajstić information content (AvgIpc) is 3.64. The van der Waals surface area contributed by atoms with Gasteiger partial charge in [0.15, 0.2) is 17.3 Å². The van der Waals surface area contributed by atoms with E-state index in [1.165, 1.54) is 33.4 Å². The van der Waals surface area contributed by atoms with E-state index in [1.807, 2.05) is 13.8 Å². The third kappa shape index (κ3) is 5.94. The average molecular weight is 653 g/mol. The van der Waals surface area contributed by atoms with Gasteiger partial charge in [-0.3, -0.25) is 9.10 Å². The standard InChI is InChI=1S/C33H31F3N4O5S/c1-19-10-23(45-28-7-5-4-6-25(28)34)8-9-26(19)40-32(37)24(15-38-40)31(41)22-11-20-13-27(39-17-33(2,3)18-46(39,42)43)29(14-21(20)12-22)44-16-30(35)36/h4-10,12-15,30H,11,16-18,37H2,1-3H3. The molecule has 1 aliphatic carbocycles. The van der Waals surface area contributed by atoms with Crippen molar-refractivity contribution in [1.29, 1.82) is 0 Å². The van der Waals surface area contributed by atoms with Gasteiger partial charge >= 0.3 is 0 Å². The first-order valence-electron chi connectivity index (χ1n) is 14.4. The number of nitrogen functional groups attached to an aromatic ring is 1. The Hall–Kier alpha value is -4.78. The van der Waals surface area contributed by atoms with E-state index < -0.39 is 34.3 Å². The molecule has 13 heteroatoms. The van der Waals surface area contributed by atoms with Crippen LogP contribution in [-0.4, -0.2) is 49.3 Å². The van der Waals surface area contributed by atoms with Crippen molar-refractivity contribution in [3.8, 4) is 22.9 Å². The lowest BCUT2D eigenvalue weighted by molar-refractivity contribution is 0.0821. The summed E-state index contributed by atoms with van der Waals surface area (Å²) in [5, 5.41) is 4.35. The number of carbonyl (C=O) groups excluding carboxylic acids is 1. The lowest BCUT2D eigenvalue weighted by atomic mass is 9.96. The molecule has 0 radical (unpaired) electrons. The van der Waals surface area contributed by atoms with Crippen molar-refractivity contribution in [1.82, 2.24) is 9.78 Å². The van der Waals surface area contributed by atoms with E-state index in [2.05, 4.69) is 5.10 Å². The van der Waals surface area contributed by atoms with Crippen LogP contribution >= 0.6 is 0 Å². The number of carbonyl (C=O) groups is 1. The number of anilines is 2. The van der Waals surface area contributed by atoms with Crippen molar-refractivity contribution in [2.75, 3.05) is 28.9 Å². The second-order valence-electron chi connectivity index (χ2n) is 12.2. The number of ketones is 1. The highest BCUT2D eigenvalue weighted by molar-refractivity contribution is 7.93. The molecule has 0 bridgehead atoms. The molecule has 1 saturated heterocycles. The second-order valence-corrected chi connectivity index (χ2v) is 14.1. The topological polar surface area (TPSA) is 117 Å². The molecule has 6 rings (SSSR count). The Labute approximate surface area is 264 Å². The first-order valence-corrected chi connectivity index (χ1v) is 16.0. The summed E-state index contributed by atoms with van der Waals surface area (Å²) < 4.78 is 80.0. The number of para-hydroxylation sites is 1. The van der Waals surface area contributed by atoms with Crippen molar-refractivity contribution in [3.05, 3.63) is 94.4 Å². The molecular formula is C33H31F3N4O5S. The van der Waals surface area contributed by atoms with E-state index in [-0.39, 0.29) is 53.1 Å². The number of fused-ring (bicyclic) bond motifs is 1. The minimum Gasteiger partial charge on any atom is -0.485 e. The molecule has 240 valence electrons. The molecule has 1 aromatic heterocycles. The highest BCUT2D eigenvalue weighted by Crippen LogP contribution is 2.43. The maximum absolute atomic E-state index is 14.0. The Bertz CT molecular complexity index is 2010. The molecule has 0 atom stereocenters. The zero-order valence-corrected chi connectivity index (χ0v) is 26.1. The number of halogens is 3. The maximum atomic E-state index is 14.0. The molecule has 2 heterocycles. The molecule has 0 unspecified atom stereocenters. The van der Waals surface area contributed by atoms with Gasteiger partial charge in [-0.2, -0.15) is 5.10 Å². The van der Waals surface area contributed by atoms with Crippen LogP contribution < -0.4 is 19.5 Å². The number of aryl methyl sites for hydroxylation is 1. The van der Waals surface area contributed by atoms with E-state index in [1.54, 1.807) is 49.4 Å². The molecule has 3 aromatic carbocycles. The van der Waals surface area contributed by atoms with Gasteiger partial charge in [0.05, 0.1) is 28.9 Å². The maximum Gasteiger partial charge on any atom is 0.272 e. The number of benzene rings is 3. The van der Waals surface area contributed by atoms with E-state index >= 15 is 0 Å². The van der Waals surface area contributed by atoms with E-state index in [4.69, 9.17) is 15.2 Å². The quantitative estimate of drug-likeness (QED) is 0.210. The van der Waals surface area contributed by atoms with Crippen LogP contribution in [0.1, 0.15) is 40.9 Å². The number of sulfonamides is 1. The van der Waals surface area contributed by atoms with Crippen LogP contribution in [-0.2, 0) is 16.4 Å². The predicted molar refractivity (Wildman–Crippen MR) is 168 cm³/mol. The summed E-state index contributed by atoms with van der Waals surface area (Å²) in [6.07, 6.45) is 0.390. The van der Waals surface area contributed by atoms with Gasteiger partial charge in [-0.25, -0.2) is 26.3 Å². The van der Waals surface area contributed by atoms with Gasteiger partial charge in [0.2, 0.25) is 10.0 Å². The van der Waals surface area contributed by atoms with Crippen molar-refractivity contribution < 1.29 is 35.9 Å². The van der Waals surface area contributed by atoms with Gasteiger partial charge in [-0.05, 0) is 77.6 Å². The number of Topliss-reactive ketones (excluding diaryl/α,β-unsaturated/α-hetero) is 1. The van der Waals surface area contributed by atoms with E-state index in [9.17, 15) is 26.4 Å². The summed E-state index contributed by atoms with van der Waals surface area (Å²) in [6.45, 7) is 4.68. The van der Waals surface area contributed by atoms with Gasteiger partial charge in [-0.15, -0.1) is 0 Å². The number of aromatic nitrogens is 2. The van der Waals surface area contributed by atoms with Crippen molar-refractivity contribution in [3.63, 3.8) is 0 Å². The van der Waals surface area contributed by atoms with Crippen LogP contribution in [0.15, 0.2) is 66.4 Å². The van der Waals surface area contributed by atoms with Crippen LogP contribution in [0.25, 0.3) is 11.8 Å². The minimum absolute atomic E-state index is 0.00416. The molecule has 1 fully saturated rings. The predicted octanol–water partition coefficient (Wildman–Crippen LogP) is 6.34. The Morgan fingerprint density at radius 2 is 1.85 bits per heavy atom. The molecule has 2 N–H and O–H groups in total. The molecule has 9 nitrogen and oxygen atoms in total. The molecule has 0 saturated carbocycles. The smallest absolute Gasteiger partial charge is 0.272 e. The molecule has 1 aliphatic heterocycles. The number of nitrogens with zero attached hydrogens (tertiary/aromatic N) is 3. The number of allylic oxidation sites excluding steroid dienone is 1. The number of rotatable bonds is 9. The van der Waals surface area contributed by atoms with Gasteiger partial charge < -0.3 is 15.2 Å². The third-order valence-corrected chi connectivity index (χ3v) is 9.99. The normalized spacial score (nSPS) is 16.4. The number of alkyl halides is 2. The summed E-state index contributed by atoms with van der Waals surface area (Å²) in [6, 6.07) is 14.2. The molecular weight excluding hydrogens is 621 g/mol. The molecule has 4 aromatic rings. The van der Waals surface area contributed by atoms with Crippen LogP contribution in [0.5, 0.6) is 17.2 Å². The summed E-state index contributed by atoms with van der Waals surface area (Å²) in [7, 11) is -3.72. The fourth-order valence-corrected chi connectivity index (χ4v) is 8.01. The summed E-state index contributed by atoms with van der Waals surface area (Å²) in [4.78, 5) is 13.7. The lowest BCUT2D eigenvalue weighted by Crippen LogP contribution is -2.27. The summed E-state index contributed by atoms with van der Waals surface area (Å²) in [5.74, 6) is -0.400. The Morgan fingerprint density at radius 3 is 2.52 bits per heavy atom. The van der Waals surface area contributed by atoms with Crippen LogP contribution in [0, 0.1) is 18.2 Å². The number of ether oxygens (including phenoxy) is 2. The molecule has 2 aliphatic rings. The van der Waals surface area contributed by atoms with Gasteiger partial charge in [0, 0.05) is 18.5 Å². The van der Waals surface area contributed by atoms with Crippen molar-refractivity contribution in [2.45, 2.75) is 33.6 Å². The third-order valence-electron chi connectivity index (χ3n) is 7.85. The number of nitrogens with two attached hydrogens (primary N) is 1. The zero-order chi connectivity index (χ0) is 33.0. The van der Waals surface area contributed by atoms with Gasteiger partial charge in [0.1, 0.15) is 23.9 Å². The first kappa shape index (κ1) is 31.2. The van der Waals surface area contributed by atoms with E-state index in [0.29, 0.717) is 33.7 Å². The zero-order valence-electron chi connectivity index (χ0n) is 25.3. The molecule has 0 amide bonds.